The molecular weight excluding hydrogens is 115 g/mol. The minimum absolute atomic E-state index is 0. The molecule has 0 radical (unpaired) electrons. The molecule has 0 heterocycles. The summed E-state index contributed by atoms with van der Waals surface area (Å²) in [5, 5.41) is 0. The third-order valence-corrected chi connectivity index (χ3v) is 0. The average molecular weight is 115 g/mol. The summed E-state index contributed by atoms with van der Waals surface area (Å²) in [5.41, 5.74) is 0. The summed E-state index contributed by atoms with van der Waals surface area (Å²) in [6.45, 7) is 0. The van der Waals surface area contributed by atoms with Crippen LogP contribution in [0.5, 0.6) is 0 Å². The van der Waals surface area contributed by atoms with Crippen LogP contribution in [0.3, 0.4) is 0 Å². The summed E-state index contributed by atoms with van der Waals surface area (Å²) in [5.74, 6) is 0. The molecule has 0 saturated heterocycles. The van der Waals surface area contributed by atoms with Crippen LogP contribution >= 0.6 is 11.9 Å². The van der Waals surface area contributed by atoms with E-state index in [-0.39, 0.29) is 67.3 Å². The van der Waals surface area contributed by atoms with Crippen molar-refractivity contribution < 1.29 is 34.2 Å². The van der Waals surface area contributed by atoms with Crippen molar-refractivity contribution in [3.8, 4) is 0 Å². The van der Waals surface area contributed by atoms with Crippen molar-refractivity contribution >= 4 is 49.6 Å². The van der Waals surface area contributed by atoms with Crippen molar-refractivity contribution in [1.82, 2.24) is 0 Å². The molecule has 0 aliphatic carbocycles. The van der Waals surface area contributed by atoms with Gasteiger partial charge in [-0.2, -0.15) is 0 Å². The SMILES string of the molecule is [Ca+2].[Na+].[O-]Cl. The van der Waals surface area contributed by atoms with Gasteiger partial charge in [0.1, 0.15) is 0 Å². The minimum Gasteiger partial charge on any atom is -0.769 e. The molecule has 1 nitrogen and oxygen atoms in total. The zero-order chi connectivity index (χ0) is 2.00. The Morgan fingerprint density at radius 2 is 1.25 bits per heavy atom. The topological polar surface area (TPSA) is 23.1 Å². The van der Waals surface area contributed by atoms with Crippen molar-refractivity contribution in [2.45, 2.75) is 0 Å². The molecule has 0 amide bonds. The molecular formula is CaClNaO+2. The van der Waals surface area contributed by atoms with E-state index in [0.29, 0.717) is 0 Å². The van der Waals surface area contributed by atoms with E-state index in [1.165, 1.54) is 0 Å². The third kappa shape index (κ3) is 8.82. The van der Waals surface area contributed by atoms with Gasteiger partial charge in [0.15, 0.2) is 0 Å². The standard InChI is InChI=1S/Ca.ClO.Na/c;1-2;/q+2;-1;+1. The van der Waals surface area contributed by atoms with Gasteiger partial charge in [0.05, 0.1) is 0 Å². The van der Waals surface area contributed by atoms with E-state index in [1.54, 1.807) is 0 Å². The van der Waals surface area contributed by atoms with Crippen LogP contribution in [0.1, 0.15) is 0 Å². The second-order valence-electron chi connectivity index (χ2n) is 0. The van der Waals surface area contributed by atoms with E-state index in [1.807, 2.05) is 0 Å². The van der Waals surface area contributed by atoms with E-state index in [2.05, 4.69) is 11.9 Å². The Morgan fingerprint density at radius 1 is 1.25 bits per heavy atom. The van der Waals surface area contributed by atoms with Gasteiger partial charge >= 0.3 is 67.3 Å². The molecule has 0 unspecified atom stereocenters. The molecule has 0 rings (SSSR count). The van der Waals surface area contributed by atoms with Gasteiger partial charge in [0.2, 0.25) is 0 Å². The largest absolute Gasteiger partial charge is 2.00 e. The smallest absolute Gasteiger partial charge is 0.769 e. The Kier molecular flexibility index (Phi) is 71.3. The van der Waals surface area contributed by atoms with Crippen LogP contribution in [0.2, 0.25) is 0 Å². The maximum atomic E-state index is 7.72. The van der Waals surface area contributed by atoms with Gasteiger partial charge in [-0.25, -0.2) is 11.9 Å². The van der Waals surface area contributed by atoms with Gasteiger partial charge in [-0.1, -0.05) is 0 Å². The maximum Gasteiger partial charge on any atom is 2.00 e. The second kappa shape index (κ2) is 17.8. The molecule has 14 valence electrons. The molecule has 0 N–H and O–H groups in total. The minimum atomic E-state index is 0. The molecule has 0 aliphatic heterocycles. The number of hydrogen-bond donors (Lipinski definition) is 0. The summed E-state index contributed by atoms with van der Waals surface area (Å²) in [7, 11) is 0. The van der Waals surface area contributed by atoms with E-state index in [0.717, 1.165) is 0 Å². The van der Waals surface area contributed by atoms with Crippen molar-refractivity contribution in [2.75, 3.05) is 0 Å². The Morgan fingerprint density at radius 3 is 1.25 bits per heavy atom. The predicted octanol–water partition coefficient (Wildman–Crippen LogP) is -3.88. The summed E-state index contributed by atoms with van der Waals surface area (Å²) in [6, 6.07) is 0. The molecule has 0 aromatic carbocycles. The first-order valence-electron chi connectivity index (χ1n) is 0.154. The first kappa shape index (κ1) is 16.0. The van der Waals surface area contributed by atoms with Gasteiger partial charge < -0.3 is 4.66 Å². The predicted molar refractivity (Wildman–Crippen MR) is 11.6 cm³/mol. The van der Waals surface area contributed by atoms with Crippen LogP contribution in [0.15, 0.2) is 0 Å². The van der Waals surface area contributed by atoms with Crippen LogP contribution in [0.25, 0.3) is 0 Å². The Labute approximate surface area is 82.2 Å². The Bertz CT molecular complexity index is 8.00. The Hall–Kier alpha value is 2.51. The van der Waals surface area contributed by atoms with Crippen molar-refractivity contribution in [1.29, 1.82) is 0 Å². The normalized spacial score (nSPS) is 1.50. The average Bonchev–Trinajstić information content (AvgIpc) is 1.00. The van der Waals surface area contributed by atoms with Gasteiger partial charge in [-0.15, -0.1) is 0 Å². The molecule has 0 atom stereocenters. The van der Waals surface area contributed by atoms with Crippen LogP contribution < -0.4 is 34.2 Å². The van der Waals surface area contributed by atoms with E-state index < -0.39 is 0 Å². The number of hydrogen-bond acceptors (Lipinski definition) is 1. The Balaban J connectivity index is -0.00000000500. The molecule has 4 heavy (non-hydrogen) atoms. The van der Waals surface area contributed by atoms with Gasteiger partial charge in [-0.05, 0) is 0 Å². The molecule has 0 saturated carbocycles. The first-order valence-corrected chi connectivity index (χ1v) is 0.463. The van der Waals surface area contributed by atoms with Gasteiger partial charge in [0.25, 0.3) is 0 Å². The molecule has 4 heteroatoms. The molecule has 0 aromatic rings. The summed E-state index contributed by atoms with van der Waals surface area (Å²) in [6.07, 6.45) is 0. The molecule has 0 aromatic heterocycles. The molecule has 0 aliphatic rings. The van der Waals surface area contributed by atoms with E-state index in [4.69, 9.17) is 4.66 Å². The number of halogens is 1. The molecule has 0 bridgehead atoms. The molecule has 0 spiro atoms. The van der Waals surface area contributed by atoms with Gasteiger partial charge in [-0.3, -0.25) is 0 Å². The second-order valence-corrected chi connectivity index (χ2v) is 0. The fourth-order valence-corrected chi connectivity index (χ4v) is 0. The van der Waals surface area contributed by atoms with Gasteiger partial charge in [0, 0.05) is 0 Å². The summed E-state index contributed by atoms with van der Waals surface area (Å²) >= 11 is 3.39. The monoisotopic (exact) mass is 114 g/mol. The van der Waals surface area contributed by atoms with Crippen LogP contribution in [0.4, 0.5) is 0 Å². The van der Waals surface area contributed by atoms with E-state index >= 15 is 0 Å². The van der Waals surface area contributed by atoms with Crippen LogP contribution in [-0.2, 0) is 0 Å². The van der Waals surface area contributed by atoms with Crippen LogP contribution in [-0.4, -0.2) is 37.7 Å². The van der Waals surface area contributed by atoms with Crippen molar-refractivity contribution in [3.05, 3.63) is 0 Å². The first-order chi connectivity index (χ1) is 1.00. The summed E-state index contributed by atoms with van der Waals surface area (Å²) < 4.78 is 7.72. The fourth-order valence-electron chi connectivity index (χ4n) is 0. The zero-order valence-corrected chi connectivity index (χ0v) is 7.46. The third-order valence-electron chi connectivity index (χ3n) is 0. The zero-order valence-electron chi connectivity index (χ0n) is 2.49. The quantitative estimate of drug-likeness (QED) is 0.296. The summed E-state index contributed by atoms with van der Waals surface area (Å²) in [4.78, 5) is 0. The van der Waals surface area contributed by atoms with Crippen molar-refractivity contribution in [3.63, 3.8) is 0 Å². The van der Waals surface area contributed by atoms with Crippen LogP contribution in [0, 0.1) is 0 Å². The van der Waals surface area contributed by atoms with Crippen molar-refractivity contribution in [2.24, 2.45) is 0 Å². The van der Waals surface area contributed by atoms with E-state index in [9.17, 15) is 0 Å². The fraction of sp³-hybridized carbons (Fsp3) is 0. The maximum absolute atomic E-state index is 7.72. The molecule has 0 fully saturated rings. The number of rotatable bonds is 0.